The van der Waals surface area contributed by atoms with Gasteiger partial charge in [-0.3, -0.25) is 4.79 Å². The number of benzene rings is 2. The van der Waals surface area contributed by atoms with E-state index in [0.717, 1.165) is 11.3 Å². The van der Waals surface area contributed by atoms with Gasteiger partial charge in [0.05, 0.1) is 12.7 Å². The Kier molecular flexibility index (Phi) is 6.77. The number of piperazine rings is 1. The van der Waals surface area contributed by atoms with Gasteiger partial charge < -0.3 is 14.4 Å². The molecule has 0 atom stereocenters. The third kappa shape index (κ3) is 5.08. The second-order valence-corrected chi connectivity index (χ2v) is 10.4. The molecular formula is C23H22N2O6S2. The molecule has 4 rings (SSSR count). The summed E-state index contributed by atoms with van der Waals surface area (Å²) < 4.78 is 37.7. The van der Waals surface area contributed by atoms with Crippen molar-refractivity contribution in [2.75, 3.05) is 33.3 Å². The van der Waals surface area contributed by atoms with Crippen LogP contribution in [0.1, 0.15) is 20.7 Å². The van der Waals surface area contributed by atoms with Crippen molar-refractivity contribution >= 4 is 33.2 Å². The van der Waals surface area contributed by atoms with Crippen molar-refractivity contribution in [1.82, 2.24) is 9.21 Å². The zero-order valence-electron chi connectivity index (χ0n) is 17.8. The monoisotopic (exact) mass is 486 g/mol. The molecule has 172 valence electrons. The zero-order valence-corrected chi connectivity index (χ0v) is 19.5. The number of carbonyl (C=O) groups is 2. The Labute approximate surface area is 196 Å². The number of nitrogens with zero attached hydrogens (tertiary/aromatic N) is 2. The predicted octanol–water partition coefficient (Wildman–Crippen LogP) is 3.47. The van der Waals surface area contributed by atoms with Gasteiger partial charge in [0.25, 0.3) is 15.9 Å². The first-order valence-electron chi connectivity index (χ1n) is 10.2. The highest BCUT2D eigenvalue weighted by Crippen LogP contribution is 2.26. The van der Waals surface area contributed by atoms with E-state index in [0.29, 0.717) is 17.1 Å². The van der Waals surface area contributed by atoms with Gasteiger partial charge >= 0.3 is 5.97 Å². The van der Waals surface area contributed by atoms with Crippen molar-refractivity contribution in [3.63, 3.8) is 0 Å². The molecule has 0 spiro atoms. The Morgan fingerprint density at radius 3 is 2.27 bits per heavy atom. The minimum absolute atomic E-state index is 0.0773. The average molecular weight is 487 g/mol. The van der Waals surface area contributed by atoms with Gasteiger partial charge in [-0.15, -0.1) is 11.3 Å². The minimum Gasteiger partial charge on any atom is -0.465 e. The summed E-state index contributed by atoms with van der Waals surface area (Å²) in [6.07, 6.45) is 0. The second-order valence-electron chi connectivity index (χ2n) is 7.29. The molecule has 0 bridgehead atoms. The summed E-state index contributed by atoms with van der Waals surface area (Å²) in [6.45, 7) is 0.855. The summed E-state index contributed by atoms with van der Waals surface area (Å²) in [7, 11) is -2.51. The van der Waals surface area contributed by atoms with E-state index in [9.17, 15) is 18.0 Å². The van der Waals surface area contributed by atoms with Crippen LogP contribution >= 0.6 is 11.3 Å². The van der Waals surface area contributed by atoms with E-state index in [1.54, 1.807) is 29.2 Å². The molecule has 1 aromatic heterocycles. The normalized spacial score (nSPS) is 14.6. The molecule has 1 aliphatic rings. The zero-order chi connectivity index (χ0) is 23.4. The van der Waals surface area contributed by atoms with Gasteiger partial charge in [-0.25, -0.2) is 13.2 Å². The highest BCUT2D eigenvalue weighted by Gasteiger charge is 2.32. The molecule has 1 saturated heterocycles. The van der Waals surface area contributed by atoms with Crippen molar-refractivity contribution in [2.45, 2.75) is 4.21 Å². The quantitative estimate of drug-likeness (QED) is 0.496. The molecule has 0 N–H and O–H groups in total. The van der Waals surface area contributed by atoms with Gasteiger partial charge in [0.1, 0.15) is 15.7 Å². The summed E-state index contributed by atoms with van der Waals surface area (Å²) in [5.74, 6) is 0.452. The maximum Gasteiger partial charge on any atom is 0.338 e. The van der Waals surface area contributed by atoms with Gasteiger partial charge in [-0.05, 0) is 36.4 Å². The predicted molar refractivity (Wildman–Crippen MR) is 123 cm³/mol. The smallest absolute Gasteiger partial charge is 0.338 e. The van der Waals surface area contributed by atoms with Crippen molar-refractivity contribution in [1.29, 1.82) is 0 Å². The largest absolute Gasteiger partial charge is 0.465 e. The summed E-state index contributed by atoms with van der Waals surface area (Å²) in [4.78, 5) is 26.3. The number of esters is 1. The van der Waals surface area contributed by atoms with Crippen LogP contribution in [0.2, 0.25) is 0 Å². The standard InChI is InChI=1S/C23H22N2O6S2/c1-30-23(27)18-15-21(32-16-18)33(28,29)25-12-10-24(11-13-25)22(26)17-6-5-9-20(14-17)31-19-7-3-2-4-8-19/h2-9,14-16H,10-13H2,1H3. The van der Waals surface area contributed by atoms with Crippen LogP contribution in [0.15, 0.2) is 70.3 Å². The maximum absolute atomic E-state index is 13.0. The number of thiophene rings is 1. The van der Waals surface area contributed by atoms with Crippen molar-refractivity contribution in [3.05, 3.63) is 77.2 Å². The van der Waals surface area contributed by atoms with E-state index >= 15 is 0 Å². The molecular weight excluding hydrogens is 464 g/mol. The first kappa shape index (κ1) is 23.0. The average Bonchev–Trinajstić information content (AvgIpc) is 3.35. The van der Waals surface area contributed by atoms with E-state index in [1.807, 2.05) is 30.3 Å². The molecule has 8 nitrogen and oxygen atoms in total. The van der Waals surface area contributed by atoms with E-state index in [1.165, 1.54) is 22.9 Å². The van der Waals surface area contributed by atoms with Crippen LogP contribution in [0.25, 0.3) is 0 Å². The van der Waals surface area contributed by atoms with Crippen LogP contribution in [0.4, 0.5) is 0 Å². The fourth-order valence-corrected chi connectivity index (χ4v) is 6.16. The van der Waals surface area contributed by atoms with Crippen LogP contribution < -0.4 is 4.74 Å². The van der Waals surface area contributed by atoms with Gasteiger partial charge in [0.15, 0.2) is 0 Å². The number of hydrogen-bond donors (Lipinski definition) is 0. The number of carbonyl (C=O) groups excluding carboxylic acids is 2. The summed E-state index contributed by atoms with van der Waals surface area (Å²) in [6, 6.07) is 17.5. The molecule has 0 saturated carbocycles. The highest BCUT2D eigenvalue weighted by molar-refractivity contribution is 7.91. The topological polar surface area (TPSA) is 93.2 Å². The van der Waals surface area contributed by atoms with E-state index in [-0.39, 0.29) is 41.9 Å². The number of para-hydroxylation sites is 1. The van der Waals surface area contributed by atoms with Crippen LogP contribution in [0.3, 0.4) is 0 Å². The van der Waals surface area contributed by atoms with E-state index < -0.39 is 16.0 Å². The first-order chi connectivity index (χ1) is 15.9. The number of methoxy groups -OCH3 is 1. The van der Waals surface area contributed by atoms with E-state index in [4.69, 9.17) is 4.74 Å². The molecule has 1 amide bonds. The van der Waals surface area contributed by atoms with Crippen molar-refractivity contribution < 1.29 is 27.5 Å². The molecule has 1 aliphatic heterocycles. The number of ether oxygens (including phenoxy) is 2. The number of amides is 1. The molecule has 2 heterocycles. The number of sulfonamides is 1. The molecule has 3 aromatic rings. The molecule has 33 heavy (non-hydrogen) atoms. The molecule has 10 heteroatoms. The Bertz CT molecular complexity index is 1250. The Morgan fingerprint density at radius 1 is 0.879 bits per heavy atom. The Hall–Kier alpha value is -3.21. The summed E-state index contributed by atoms with van der Waals surface area (Å²) >= 11 is 0.975. The molecule has 2 aromatic carbocycles. The highest BCUT2D eigenvalue weighted by atomic mass is 32.2. The third-order valence-electron chi connectivity index (χ3n) is 5.18. The first-order valence-corrected chi connectivity index (χ1v) is 12.5. The lowest BCUT2D eigenvalue weighted by Crippen LogP contribution is -2.50. The van der Waals surface area contributed by atoms with Gasteiger partial charge in [-0.1, -0.05) is 24.3 Å². The fraction of sp³-hybridized carbons (Fsp3) is 0.217. The number of hydrogen-bond acceptors (Lipinski definition) is 7. The van der Waals surface area contributed by atoms with Gasteiger partial charge in [-0.2, -0.15) is 4.31 Å². The fourth-order valence-electron chi connectivity index (χ4n) is 3.44. The lowest BCUT2D eigenvalue weighted by atomic mass is 10.1. The third-order valence-corrected chi connectivity index (χ3v) is 8.49. The molecule has 0 radical (unpaired) electrons. The van der Waals surface area contributed by atoms with Crippen molar-refractivity contribution in [3.8, 4) is 11.5 Å². The Morgan fingerprint density at radius 2 is 1.58 bits per heavy atom. The van der Waals surface area contributed by atoms with E-state index in [2.05, 4.69) is 4.74 Å². The summed E-state index contributed by atoms with van der Waals surface area (Å²) in [5, 5.41) is 1.46. The minimum atomic E-state index is -3.75. The van der Waals surface area contributed by atoms with Crippen LogP contribution in [0, 0.1) is 0 Å². The van der Waals surface area contributed by atoms with Crippen LogP contribution in [0.5, 0.6) is 11.5 Å². The van der Waals surface area contributed by atoms with Crippen LogP contribution in [-0.2, 0) is 14.8 Å². The molecule has 1 fully saturated rings. The summed E-state index contributed by atoms with van der Waals surface area (Å²) in [5.41, 5.74) is 0.674. The second kappa shape index (κ2) is 9.74. The lowest BCUT2D eigenvalue weighted by molar-refractivity contribution is 0.0600. The number of rotatable bonds is 6. The maximum atomic E-state index is 13.0. The van der Waals surface area contributed by atoms with Gasteiger partial charge in [0, 0.05) is 37.1 Å². The molecule has 0 aliphatic carbocycles. The van der Waals surface area contributed by atoms with Crippen LogP contribution in [-0.4, -0.2) is 62.8 Å². The van der Waals surface area contributed by atoms with Gasteiger partial charge in [0.2, 0.25) is 0 Å². The van der Waals surface area contributed by atoms with Crippen molar-refractivity contribution in [2.24, 2.45) is 0 Å². The lowest BCUT2D eigenvalue weighted by Gasteiger charge is -2.33. The SMILES string of the molecule is COC(=O)c1csc(S(=O)(=O)N2CCN(C(=O)c3cccc(Oc4ccccc4)c3)CC2)c1. The Balaban J connectivity index is 1.40. The molecule has 0 unspecified atom stereocenters.